The number of benzene rings is 1. The molecule has 0 spiro atoms. The minimum atomic E-state index is -0.199. The molecule has 0 aliphatic carbocycles. The number of carbonyl (C=O) groups is 1. The summed E-state index contributed by atoms with van der Waals surface area (Å²) in [6.07, 6.45) is 0. The van der Waals surface area contributed by atoms with E-state index < -0.39 is 0 Å². The summed E-state index contributed by atoms with van der Waals surface area (Å²) in [4.78, 5) is 29.3. The first kappa shape index (κ1) is 23.9. The second-order valence-corrected chi connectivity index (χ2v) is 8.54. The molecule has 2 aromatic rings. The van der Waals surface area contributed by atoms with Crippen LogP contribution in [0.15, 0.2) is 27.4 Å². The number of hydrogen-bond donors (Lipinski definition) is 1. The lowest BCUT2D eigenvalue weighted by Crippen LogP contribution is -2.36. The lowest BCUT2D eigenvalue weighted by Gasteiger charge is -2.27. The molecule has 1 aromatic heterocycles. The molecule has 29 heavy (non-hydrogen) atoms. The normalized spacial score (nSPS) is 15.3. The van der Waals surface area contributed by atoms with Gasteiger partial charge < -0.3 is 24.3 Å². The van der Waals surface area contributed by atoms with Crippen molar-refractivity contribution >= 4 is 55.7 Å². The minimum Gasteiger partial charge on any atom is -0.440 e. The second-order valence-electron chi connectivity index (χ2n) is 7.17. The van der Waals surface area contributed by atoms with E-state index in [9.17, 15) is 9.59 Å². The Labute approximate surface area is 189 Å². The molecule has 1 fully saturated rings. The molecule has 0 saturated carbocycles. The van der Waals surface area contributed by atoms with E-state index >= 15 is 0 Å². The van der Waals surface area contributed by atoms with E-state index in [0.717, 1.165) is 12.1 Å². The van der Waals surface area contributed by atoms with Gasteiger partial charge in [-0.2, -0.15) is 0 Å². The lowest BCUT2D eigenvalue weighted by atomic mass is 10.0. The van der Waals surface area contributed by atoms with Gasteiger partial charge in [0.05, 0.1) is 18.6 Å². The van der Waals surface area contributed by atoms with Gasteiger partial charge in [-0.15, -0.1) is 17.0 Å². The average molecular weight is 533 g/mol. The third-order valence-electron chi connectivity index (χ3n) is 4.70. The Morgan fingerprint density at radius 3 is 2.59 bits per heavy atom. The summed E-state index contributed by atoms with van der Waals surface area (Å²) in [6.45, 7) is 5.80. The van der Waals surface area contributed by atoms with E-state index in [1.165, 1.54) is 6.07 Å². The lowest BCUT2D eigenvalue weighted by molar-refractivity contribution is 0.0951. The largest absolute Gasteiger partial charge is 0.440 e. The number of ether oxygens (including phenoxy) is 1. The molecule has 1 amide bonds. The molecule has 1 atom stereocenters. The van der Waals surface area contributed by atoms with Crippen LogP contribution < -0.4 is 15.6 Å². The molecule has 1 N–H and O–H groups in total. The molecule has 1 aliphatic rings. The number of anilines is 1. The van der Waals surface area contributed by atoms with Crippen LogP contribution in [0, 0.1) is 0 Å². The highest BCUT2D eigenvalue weighted by molar-refractivity contribution is 9.09. The van der Waals surface area contributed by atoms with Crippen molar-refractivity contribution in [2.24, 2.45) is 0 Å². The fourth-order valence-corrected chi connectivity index (χ4v) is 3.47. The van der Waals surface area contributed by atoms with Gasteiger partial charge in [-0.05, 0) is 33.2 Å². The number of nitrogens with zero attached hydrogens (tertiary/aromatic N) is 2. The van der Waals surface area contributed by atoms with Gasteiger partial charge >= 0.3 is 0 Å². The fourth-order valence-electron chi connectivity index (χ4n) is 3.13. The summed E-state index contributed by atoms with van der Waals surface area (Å²) in [7, 11) is 3.90. The summed E-state index contributed by atoms with van der Waals surface area (Å²) >= 11 is 3.57. The van der Waals surface area contributed by atoms with E-state index in [1.807, 2.05) is 30.8 Å². The Balaban J connectivity index is 0.00000300. The Bertz CT molecular complexity index is 908. The number of morpholine rings is 1. The first-order valence-electron chi connectivity index (χ1n) is 9.38. The molecule has 1 aliphatic heterocycles. The van der Waals surface area contributed by atoms with Crippen LogP contribution in [0.25, 0.3) is 11.0 Å². The molecule has 160 valence electrons. The van der Waals surface area contributed by atoms with Gasteiger partial charge in [-0.25, -0.2) is 0 Å². The Morgan fingerprint density at radius 2 is 1.97 bits per heavy atom. The Kier molecular flexibility index (Phi) is 8.69. The second kappa shape index (κ2) is 10.6. The highest BCUT2D eigenvalue weighted by atomic mass is 79.9. The maximum Gasteiger partial charge on any atom is 0.251 e. The molecular formula is C20H27Br2N3O4. The first-order valence-corrected chi connectivity index (χ1v) is 10.3. The van der Waals surface area contributed by atoms with E-state index in [2.05, 4.69) is 21.2 Å². The van der Waals surface area contributed by atoms with Crippen molar-refractivity contribution < 1.29 is 13.9 Å². The van der Waals surface area contributed by atoms with Crippen LogP contribution >= 0.6 is 32.9 Å². The summed E-state index contributed by atoms with van der Waals surface area (Å²) in [5.41, 5.74) is 1.60. The fraction of sp³-hybridized carbons (Fsp3) is 0.500. The van der Waals surface area contributed by atoms with Gasteiger partial charge in [0.15, 0.2) is 11.3 Å². The highest BCUT2D eigenvalue weighted by Gasteiger charge is 2.20. The molecule has 7 nitrogen and oxygen atoms in total. The monoisotopic (exact) mass is 531 g/mol. The topological polar surface area (TPSA) is 75.0 Å². The Morgan fingerprint density at radius 1 is 1.28 bits per heavy atom. The number of alkyl halides is 1. The molecular weight excluding hydrogens is 506 g/mol. The maximum atomic E-state index is 12.8. The molecule has 1 unspecified atom stereocenters. The number of halogens is 2. The summed E-state index contributed by atoms with van der Waals surface area (Å²) in [5, 5.41) is 3.31. The van der Waals surface area contributed by atoms with Crippen molar-refractivity contribution in [3.63, 3.8) is 0 Å². The van der Waals surface area contributed by atoms with Crippen LogP contribution in [0.3, 0.4) is 0 Å². The van der Waals surface area contributed by atoms with Crippen LogP contribution in [0.4, 0.5) is 5.88 Å². The molecule has 2 heterocycles. The zero-order chi connectivity index (χ0) is 20.3. The summed E-state index contributed by atoms with van der Waals surface area (Å²) in [6, 6.07) is 4.91. The van der Waals surface area contributed by atoms with Gasteiger partial charge in [-0.1, -0.05) is 15.9 Å². The molecule has 0 radical (unpaired) electrons. The van der Waals surface area contributed by atoms with E-state index in [-0.39, 0.29) is 33.1 Å². The van der Waals surface area contributed by atoms with Crippen LogP contribution in [0.5, 0.6) is 0 Å². The van der Waals surface area contributed by atoms with Gasteiger partial charge in [0.1, 0.15) is 5.58 Å². The number of amides is 1. The van der Waals surface area contributed by atoms with Crippen LogP contribution in [-0.4, -0.2) is 64.3 Å². The quantitative estimate of drug-likeness (QED) is 0.576. The summed E-state index contributed by atoms with van der Waals surface area (Å²) < 4.78 is 11.5. The third kappa shape index (κ3) is 5.81. The Hall–Kier alpha value is -1.42. The van der Waals surface area contributed by atoms with E-state index in [0.29, 0.717) is 55.3 Å². The SMILES string of the molecule is Br.CC(Br)c1cc(C(=O)NCCN(C)C)cc2c(=O)cc(N3CCOCC3)oc12. The number of likely N-dealkylation sites (N-methyl/N-ethyl adjacent to an activating group) is 1. The van der Waals surface area contributed by atoms with Crippen LogP contribution in [-0.2, 0) is 4.74 Å². The number of carbonyl (C=O) groups excluding carboxylic acids is 1. The third-order valence-corrected chi connectivity index (χ3v) is 5.20. The van der Waals surface area contributed by atoms with Gasteiger partial charge in [-0.3, -0.25) is 9.59 Å². The van der Waals surface area contributed by atoms with Crippen LogP contribution in [0.1, 0.15) is 27.7 Å². The smallest absolute Gasteiger partial charge is 0.251 e. The highest BCUT2D eigenvalue weighted by Crippen LogP contribution is 2.32. The number of rotatable bonds is 6. The van der Waals surface area contributed by atoms with Gasteiger partial charge in [0.25, 0.3) is 5.91 Å². The van der Waals surface area contributed by atoms with Gasteiger partial charge in [0, 0.05) is 48.2 Å². The predicted octanol–water partition coefficient (Wildman–Crippen LogP) is 2.95. The predicted molar refractivity (Wildman–Crippen MR) is 124 cm³/mol. The van der Waals surface area contributed by atoms with Crippen molar-refractivity contribution in [2.45, 2.75) is 11.8 Å². The number of fused-ring (bicyclic) bond motifs is 1. The molecule has 1 aromatic carbocycles. The summed E-state index contributed by atoms with van der Waals surface area (Å²) in [5.74, 6) is 0.341. The molecule has 0 bridgehead atoms. The first-order chi connectivity index (χ1) is 13.4. The average Bonchev–Trinajstić information content (AvgIpc) is 2.67. The van der Waals surface area contributed by atoms with Crippen molar-refractivity contribution in [3.05, 3.63) is 39.5 Å². The van der Waals surface area contributed by atoms with E-state index in [4.69, 9.17) is 9.15 Å². The molecule has 1 saturated heterocycles. The van der Waals surface area contributed by atoms with Crippen LogP contribution in [0.2, 0.25) is 0 Å². The van der Waals surface area contributed by atoms with Crippen molar-refractivity contribution in [1.82, 2.24) is 10.2 Å². The maximum absolute atomic E-state index is 12.8. The zero-order valence-electron chi connectivity index (χ0n) is 16.9. The molecule has 3 rings (SSSR count). The van der Waals surface area contributed by atoms with Gasteiger partial charge in [0.2, 0.25) is 0 Å². The minimum absolute atomic E-state index is 0. The van der Waals surface area contributed by atoms with E-state index in [1.54, 1.807) is 12.1 Å². The molecule has 9 heteroatoms. The van der Waals surface area contributed by atoms with Crippen molar-refractivity contribution in [1.29, 1.82) is 0 Å². The zero-order valence-corrected chi connectivity index (χ0v) is 20.2. The van der Waals surface area contributed by atoms with Crippen molar-refractivity contribution in [2.75, 3.05) is 58.4 Å². The number of nitrogens with one attached hydrogen (secondary N) is 1. The standard InChI is InChI=1S/C20H26BrN3O4.BrH/c1-13(21)15-10-14(20(26)22-4-5-23(2)3)11-16-17(25)12-18(28-19(15)16)24-6-8-27-9-7-24;/h10-13H,4-9H2,1-3H3,(H,22,26);1H. The number of hydrogen-bond acceptors (Lipinski definition) is 6. The van der Waals surface area contributed by atoms with Crippen molar-refractivity contribution in [3.8, 4) is 0 Å².